The standard InChI is InChI=1S/C22H39N5O.HI/c1-7-23-21(25-17-22(2,3)26(4)5)24-16-19(27-14-10-11-15-27)18-12-8-9-13-20(18)28-6;/h8-9,12-13,19H,7,10-11,14-17H2,1-6H3,(H2,23,24,25);1H. The number of hydrogen-bond acceptors (Lipinski definition) is 4. The summed E-state index contributed by atoms with van der Waals surface area (Å²) in [6.45, 7) is 11.2. The van der Waals surface area contributed by atoms with Crippen molar-refractivity contribution in [1.82, 2.24) is 20.4 Å². The molecule has 0 radical (unpaired) electrons. The number of ether oxygens (including phenoxy) is 1. The van der Waals surface area contributed by atoms with Crippen molar-refractivity contribution < 1.29 is 4.74 Å². The van der Waals surface area contributed by atoms with E-state index >= 15 is 0 Å². The number of guanidine groups is 1. The summed E-state index contributed by atoms with van der Waals surface area (Å²) in [7, 11) is 5.95. The molecule has 0 bridgehead atoms. The van der Waals surface area contributed by atoms with Gasteiger partial charge in [-0.05, 0) is 66.9 Å². The normalized spacial score (nSPS) is 16.4. The molecule has 0 aliphatic carbocycles. The van der Waals surface area contributed by atoms with Crippen LogP contribution in [0.4, 0.5) is 0 Å². The average Bonchev–Trinajstić information content (AvgIpc) is 3.21. The number of halogens is 1. The Labute approximate surface area is 194 Å². The SMILES string of the molecule is CCNC(=NCC(C)(C)N(C)C)NCC(c1ccccc1OC)N1CCCC1.I. The Bertz CT molecular complexity index is 629. The van der Waals surface area contributed by atoms with Crippen molar-refractivity contribution in [2.24, 2.45) is 4.99 Å². The molecule has 7 heteroatoms. The van der Waals surface area contributed by atoms with Crippen LogP contribution in [-0.2, 0) is 0 Å². The number of benzene rings is 1. The highest BCUT2D eigenvalue weighted by molar-refractivity contribution is 14.0. The van der Waals surface area contributed by atoms with Gasteiger partial charge in [-0.25, -0.2) is 0 Å². The zero-order valence-corrected chi connectivity index (χ0v) is 21.3. The zero-order chi connectivity index (χ0) is 20.6. The first-order valence-electron chi connectivity index (χ1n) is 10.5. The molecular formula is C22H40IN5O. The third kappa shape index (κ3) is 7.61. The smallest absolute Gasteiger partial charge is 0.191 e. The molecule has 1 fully saturated rings. The molecule has 29 heavy (non-hydrogen) atoms. The Morgan fingerprint density at radius 2 is 1.86 bits per heavy atom. The highest BCUT2D eigenvalue weighted by Crippen LogP contribution is 2.31. The maximum atomic E-state index is 5.65. The van der Waals surface area contributed by atoms with Gasteiger partial charge in [0.25, 0.3) is 0 Å². The Hall–Kier alpha value is -1.06. The summed E-state index contributed by atoms with van der Waals surface area (Å²) in [5, 5.41) is 6.97. The predicted octanol–water partition coefficient (Wildman–Crippen LogP) is 3.35. The molecule has 166 valence electrons. The monoisotopic (exact) mass is 517 g/mol. The second-order valence-electron chi connectivity index (χ2n) is 8.28. The van der Waals surface area contributed by atoms with Gasteiger partial charge in [-0.15, -0.1) is 24.0 Å². The van der Waals surface area contributed by atoms with Crippen LogP contribution in [0.2, 0.25) is 0 Å². The van der Waals surface area contributed by atoms with E-state index in [1.807, 2.05) is 6.07 Å². The van der Waals surface area contributed by atoms with Gasteiger partial charge in [-0.2, -0.15) is 0 Å². The summed E-state index contributed by atoms with van der Waals surface area (Å²) in [5.41, 5.74) is 1.25. The van der Waals surface area contributed by atoms with E-state index in [-0.39, 0.29) is 35.6 Å². The second-order valence-corrected chi connectivity index (χ2v) is 8.28. The lowest BCUT2D eigenvalue weighted by Gasteiger charge is -2.32. The fourth-order valence-corrected chi connectivity index (χ4v) is 3.38. The summed E-state index contributed by atoms with van der Waals surface area (Å²) in [6.07, 6.45) is 2.52. The number of nitrogens with zero attached hydrogens (tertiary/aromatic N) is 3. The molecule has 1 aromatic rings. The Morgan fingerprint density at radius 1 is 1.21 bits per heavy atom. The highest BCUT2D eigenvalue weighted by atomic mass is 127. The lowest BCUT2D eigenvalue weighted by Crippen LogP contribution is -2.45. The van der Waals surface area contributed by atoms with E-state index in [1.54, 1.807) is 7.11 Å². The molecule has 1 heterocycles. The van der Waals surface area contributed by atoms with Gasteiger partial charge in [-0.1, -0.05) is 18.2 Å². The minimum Gasteiger partial charge on any atom is -0.496 e. The van der Waals surface area contributed by atoms with Crippen LogP contribution in [0.15, 0.2) is 29.3 Å². The van der Waals surface area contributed by atoms with Crippen molar-refractivity contribution in [3.05, 3.63) is 29.8 Å². The van der Waals surface area contributed by atoms with Crippen molar-refractivity contribution in [1.29, 1.82) is 0 Å². The fraction of sp³-hybridized carbons (Fsp3) is 0.682. The van der Waals surface area contributed by atoms with Crippen molar-refractivity contribution in [3.63, 3.8) is 0 Å². The van der Waals surface area contributed by atoms with E-state index in [1.165, 1.54) is 18.4 Å². The molecule has 2 rings (SSSR count). The Balaban J connectivity index is 0.00000420. The highest BCUT2D eigenvalue weighted by Gasteiger charge is 2.26. The number of para-hydroxylation sites is 1. The van der Waals surface area contributed by atoms with E-state index in [0.717, 1.165) is 44.4 Å². The maximum Gasteiger partial charge on any atom is 0.191 e. The number of hydrogen-bond donors (Lipinski definition) is 2. The summed E-state index contributed by atoms with van der Waals surface area (Å²) >= 11 is 0. The Morgan fingerprint density at radius 3 is 2.45 bits per heavy atom. The van der Waals surface area contributed by atoms with E-state index < -0.39 is 0 Å². The molecule has 0 aromatic heterocycles. The number of likely N-dealkylation sites (tertiary alicyclic amines) is 1. The lowest BCUT2D eigenvalue weighted by molar-refractivity contribution is 0.204. The van der Waals surface area contributed by atoms with Crippen LogP contribution >= 0.6 is 24.0 Å². The minimum absolute atomic E-state index is 0. The van der Waals surface area contributed by atoms with Crippen LogP contribution in [0.3, 0.4) is 0 Å². The number of likely N-dealkylation sites (N-methyl/N-ethyl adjacent to an activating group) is 1. The van der Waals surface area contributed by atoms with Crippen LogP contribution in [0, 0.1) is 0 Å². The molecule has 6 nitrogen and oxygen atoms in total. The largest absolute Gasteiger partial charge is 0.496 e. The molecule has 0 saturated carbocycles. The summed E-state index contributed by atoms with van der Waals surface area (Å²) in [6, 6.07) is 8.63. The van der Waals surface area contributed by atoms with Crippen LogP contribution in [0.1, 0.15) is 45.2 Å². The van der Waals surface area contributed by atoms with Crippen LogP contribution in [-0.4, -0.2) is 75.2 Å². The van der Waals surface area contributed by atoms with Crippen LogP contribution in [0.25, 0.3) is 0 Å². The van der Waals surface area contributed by atoms with E-state index in [0.29, 0.717) is 0 Å². The molecule has 1 saturated heterocycles. The molecular weight excluding hydrogens is 477 g/mol. The van der Waals surface area contributed by atoms with E-state index in [2.05, 4.69) is 73.5 Å². The molecule has 1 aromatic carbocycles. The average molecular weight is 518 g/mol. The number of nitrogens with one attached hydrogen (secondary N) is 2. The van der Waals surface area contributed by atoms with Gasteiger partial charge in [0.05, 0.1) is 19.7 Å². The van der Waals surface area contributed by atoms with Crippen molar-refractivity contribution in [3.8, 4) is 5.75 Å². The first kappa shape index (κ1) is 26.0. The van der Waals surface area contributed by atoms with Gasteiger partial charge in [-0.3, -0.25) is 9.89 Å². The molecule has 0 spiro atoms. The number of rotatable bonds is 9. The Kier molecular flexibility index (Phi) is 11.3. The molecule has 1 aliphatic rings. The first-order chi connectivity index (χ1) is 13.4. The van der Waals surface area contributed by atoms with Crippen molar-refractivity contribution >= 4 is 29.9 Å². The number of methoxy groups -OCH3 is 1. The molecule has 1 unspecified atom stereocenters. The number of aliphatic imine (C=N–C) groups is 1. The van der Waals surface area contributed by atoms with Gasteiger partial charge in [0.2, 0.25) is 0 Å². The van der Waals surface area contributed by atoms with E-state index in [9.17, 15) is 0 Å². The molecule has 1 atom stereocenters. The van der Waals surface area contributed by atoms with Crippen LogP contribution in [0.5, 0.6) is 5.75 Å². The molecule has 1 aliphatic heterocycles. The fourth-order valence-electron chi connectivity index (χ4n) is 3.38. The predicted molar refractivity (Wildman–Crippen MR) is 134 cm³/mol. The molecule has 2 N–H and O–H groups in total. The zero-order valence-electron chi connectivity index (χ0n) is 19.0. The van der Waals surface area contributed by atoms with Gasteiger partial charge < -0.3 is 20.3 Å². The van der Waals surface area contributed by atoms with Crippen molar-refractivity contribution in [2.75, 3.05) is 53.9 Å². The minimum atomic E-state index is 0. The van der Waals surface area contributed by atoms with E-state index in [4.69, 9.17) is 9.73 Å². The third-order valence-corrected chi connectivity index (χ3v) is 5.72. The summed E-state index contributed by atoms with van der Waals surface area (Å²) in [5.74, 6) is 1.83. The van der Waals surface area contributed by atoms with Crippen LogP contribution < -0.4 is 15.4 Å². The van der Waals surface area contributed by atoms with Crippen molar-refractivity contribution in [2.45, 2.75) is 45.2 Å². The molecule has 0 amide bonds. The van der Waals surface area contributed by atoms with Gasteiger partial charge in [0.15, 0.2) is 5.96 Å². The topological polar surface area (TPSA) is 52.1 Å². The van der Waals surface area contributed by atoms with Gasteiger partial charge >= 0.3 is 0 Å². The van der Waals surface area contributed by atoms with Gasteiger partial charge in [0, 0.05) is 24.2 Å². The van der Waals surface area contributed by atoms with Gasteiger partial charge in [0.1, 0.15) is 5.75 Å². The quantitative estimate of drug-likeness (QED) is 0.299. The maximum absolute atomic E-state index is 5.65. The lowest BCUT2D eigenvalue weighted by atomic mass is 10.0. The summed E-state index contributed by atoms with van der Waals surface area (Å²) in [4.78, 5) is 9.61. The second kappa shape index (κ2) is 12.6. The first-order valence-corrected chi connectivity index (χ1v) is 10.5. The summed E-state index contributed by atoms with van der Waals surface area (Å²) < 4.78 is 5.65. The third-order valence-electron chi connectivity index (χ3n) is 5.72.